The molecular formula is C18H26N2O5. The molecule has 1 saturated heterocycles. The number of hydrogen-bond acceptors (Lipinski definition) is 5. The zero-order valence-corrected chi connectivity index (χ0v) is 15.0. The molecule has 1 amide bonds. The molecule has 1 aromatic carbocycles. The van der Waals surface area contributed by atoms with Crippen molar-refractivity contribution in [2.24, 2.45) is 5.92 Å². The Morgan fingerprint density at radius 2 is 2.12 bits per heavy atom. The van der Waals surface area contributed by atoms with Gasteiger partial charge in [-0.15, -0.1) is 0 Å². The van der Waals surface area contributed by atoms with Gasteiger partial charge in [-0.1, -0.05) is 6.07 Å². The van der Waals surface area contributed by atoms with Crippen molar-refractivity contribution in [3.8, 4) is 11.5 Å². The lowest BCUT2D eigenvalue weighted by molar-refractivity contribution is -0.141. The van der Waals surface area contributed by atoms with Crippen LogP contribution in [0.15, 0.2) is 18.2 Å². The van der Waals surface area contributed by atoms with Crippen LogP contribution in [0, 0.1) is 5.92 Å². The van der Waals surface area contributed by atoms with Crippen LogP contribution in [0.1, 0.15) is 18.4 Å². The highest BCUT2D eigenvalue weighted by Gasteiger charge is 2.34. The number of amides is 1. The van der Waals surface area contributed by atoms with Gasteiger partial charge in [-0.2, -0.15) is 0 Å². The van der Waals surface area contributed by atoms with Crippen molar-refractivity contribution in [1.29, 1.82) is 0 Å². The van der Waals surface area contributed by atoms with Crippen LogP contribution in [0.2, 0.25) is 0 Å². The molecule has 1 fully saturated rings. The molecule has 2 rings (SSSR count). The normalized spacial score (nSPS) is 17.2. The van der Waals surface area contributed by atoms with Gasteiger partial charge in [0.05, 0.1) is 19.6 Å². The minimum absolute atomic E-state index is 0.0688. The zero-order chi connectivity index (χ0) is 18.4. The Morgan fingerprint density at radius 3 is 2.72 bits per heavy atom. The highest BCUT2D eigenvalue weighted by atomic mass is 16.5. The number of carbonyl (C=O) groups is 2. The molecule has 1 atom stereocenters. The predicted octanol–water partition coefficient (Wildman–Crippen LogP) is 1.46. The first-order valence-electron chi connectivity index (χ1n) is 8.35. The maximum absolute atomic E-state index is 12.0. The fourth-order valence-electron chi connectivity index (χ4n) is 2.81. The molecular weight excluding hydrogens is 324 g/mol. The van der Waals surface area contributed by atoms with Crippen LogP contribution in [0.4, 0.5) is 0 Å². The Kier molecular flexibility index (Phi) is 6.64. The molecule has 0 saturated carbocycles. The third-order valence-electron chi connectivity index (χ3n) is 4.17. The predicted molar refractivity (Wildman–Crippen MR) is 92.8 cm³/mol. The van der Waals surface area contributed by atoms with Crippen molar-refractivity contribution in [3.05, 3.63) is 23.8 Å². The molecule has 0 radical (unpaired) electrons. The minimum atomic E-state index is -0.921. The molecule has 1 unspecified atom stereocenters. The quantitative estimate of drug-likeness (QED) is 0.679. The van der Waals surface area contributed by atoms with Crippen molar-refractivity contribution >= 4 is 11.9 Å². The lowest BCUT2D eigenvalue weighted by atomic mass is 10.1. The number of benzene rings is 1. The lowest BCUT2D eigenvalue weighted by Gasteiger charge is -2.18. The van der Waals surface area contributed by atoms with Crippen LogP contribution in [-0.2, 0) is 16.1 Å². The number of likely N-dealkylation sites (tertiary alicyclic amines) is 1. The third kappa shape index (κ3) is 5.35. The molecule has 1 N–H and O–H groups in total. The molecule has 0 bridgehead atoms. The van der Waals surface area contributed by atoms with Crippen molar-refractivity contribution in [2.75, 3.05) is 40.9 Å². The Hall–Kier alpha value is -2.28. The number of rotatable bonds is 9. The summed E-state index contributed by atoms with van der Waals surface area (Å²) < 4.78 is 11.1. The summed E-state index contributed by atoms with van der Waals surface area (Å²) in [5, 5.41) is 9.07. The Labute approximate surface area is 148 Å². The van der Waals surface area contributed by atoms with Crippen molar-refractivity contribution in [3.63, 3.8) is 0 Å². The summed E-state index contributed by atoms with van der Waals surface area (Å²) in [5.41, 5.74) is 0.891. The van der Waals surface area contributed by atoms with Gasteiger partial charge < -0.3 is 24.4 Å². The number of carboxylic acids is 1. The molecule has 7 nitrogen and oxygen atoms in total. The van der Waals surface area contributed by atoms with Crippen molar-refractivity contribution in [2.45, 2.75) is 19.4 Å². The molecule has 1 aromatic rings. The summed E-state index contributed by atoms with van der Waals surface area (Å²) in [5.74, 6) is -0.385. The van der Waals surface area contributed by atoms with E-state index in [1.54, 1.807) is 12.0 Å². The van der Waals surface area contributed by atoms with Crippen LogP contribution in [-0.4, -0.2) is 67.7 Å². The summed E-state index contributed by atoms with van der Waals surface area (Å²) in [6, 6.07) is 5.54. The van der Waals surface area contributed by atoms with Gasteiger partial charge in [0.15, 0.2) is 11.5 Å². The maximum atomic E-state index is 12.0. The Bertz CT molecular complexity index is 617. The Morgan fingerprint density at radius 1 is 1.36 bits per heavy atom. The number of carbonyl (C=O) groups excluding carboxylic acids is 1. The van der Waals surface area contributed by atoms with Gasteiger partial charge in [-0.05, 0) is 38.2 Å². The van der Waals surface area contributed by atoms with Crippen molar-refractivity contribution < 1.29 is 24.2 Å². The van der Waals surface area contributed by atoms with E-state index >= 15 is 0 Å². The minimum Gasteiger partial charge on any atom is -0.493 e. The summed E-state index contributed by atoms with van der Waals surface area (Å²) in [7, 11) is 5.61. The van der Waals surface area contributed by atoms with E-state index < -0.39 is 11.9 Å². The number of hydrogen-bond donors (Lipinski definition) is 1. The first-order valence-corrected chi connectivity index (χ1v) is 8.35. The number of carboxylic acid groups (broad SMARTS) is 1. The van der Waals surface area contributed by atoms with Crippen LogP contribution < -0.4 is 9.47 Å². The standard InChI is InChI=1S/C18H26N2O5/c1-19(2)7-4-8-25-16-9-13(5-6-15(16)24-3)11-20-12-14(18(22)23)10-17(20)21/h5-6,9,14H,4,7-8,10-12H2,1-3H3,(H,22,23). The zero-order valence-electron chi connectivity index (χ0n) is 15.0. The maximum Gasteiger partial charge on any atom is 0.308 e. The van der Waals surface area contributed by atoms with E-state index in [0.29, 0.717) is 24.7 Å². The van der Waals surface area contributed by atoms with Gasteiger partial charge in [0.1, 0.15) is 0 Å². The number of aliphatic carboxylic acids is 1. The smallest absolute Gasteiger partial charge is 0.308 e. The van der Waals surface area contributed by atoms with Crippen LogP contribution in [0.25, 0.3) is 0 Å². The fourth-order valence-corrected chi connectivity index (χ4v) is 2.81. The highest BCUT2D eigenvalue weighted by Crippen LogP contribution is 2.29. The van der Waals surface area contributed by atoms with Gasteiger partial charge in [0.2, 0.25) is 5.91 Å². The summed E-state index contributed by atoms with van der Waals surface area (Å²) in [6.07, 6.45) is 0.963. The highest BCUT2D eigenvalue weighted by molar-refractivity contribution is 5.86. The van der Waals surface area contributed by atoms with E-state index in [9.17, 15) is 9.59 Å². The van der Waals surface area contributed by atoms with E-state index in [2.05, 4.69) is 4.90 Å². The monoisotopic (exact) mass is 350 g/mol. The topological polar surface area (TPSA) is 79.3 Å². The fraction of sp³-hybridized carbons (Fsp3) is 0.556. The van der Waals surface area contributed by atoms with Gasteiger partial charge in [-0.25, -0.2) is 0 Å². The molecule has 1 heterocycles. The van der Waals surface area contributed by atoms with Gasteiger partial charge >= 0.3 is 5.97 Å². The summed E-state index contributed by atoms with van der Waals surface area (Å²) >= 11 is 0. The van der Waals surface area contributed by atoms with E-state index in [-0.39, 0.29) is 18.9 Å². The van der Waals surface area contributed by atoms with E-state index in [0.717, 1.165) is 18.5 Å². The molecule has 0 spiro atoms. The molecule has 0 aromatic heterocycles. The molecule has 138 valence electrons. The average molecular weight is 350 g/mol. The second-order valence-corrected chi connectivity index (χ2v) is 6.50. The van der Waals surface area contributed by atoms with Crippen LogP contribution in [0.3, 0.4) is 0 Å². The number of ether oxygens (including phenoxy) is 2. The summed E-state index contributed by atoms with van der Waals surface area (Å²) in [6.45, 7) is 2.13. The first-order chi connectivity index (χ1) is 11.9. The molecule has 0 aliphatic carbocycles. The van der Waals surface area contributed by atoms with E-state index in [1.165, 1.54) is 0 Å². The van der Waals surface area contributed by atoms with Gasteiger partial charge in [0.25, 0.3) is 0 Å². The SMILES string of the molecule is COc1ccc(CN2CC(C(=O)O)CC2=O)cc1OCCCN(C)C. The number of nitrogens with zero attached hydrogens (tertiary/aromatic N) is 2. The van der Waals surface area contributed by atoms with E-state index in [1.807, 2.05) is 32.3 Å². The van der Waals surface area contributed by atoms with Gasteiger partial charge in [0, 0.05) is 26.1 Å². The second kappa shape index (κ2) is 8.71. The van der Waals surface area contributed by atoms with E-state index in [4.69, 9.17) is 14.6 Å². The van der Waals surface area contributed by atoms with Crippen LogP contribution in [0.5, 0.6) is 11.5 Å². The molecule has 25 heavy (non-hydrogen) atoms. The first kappa shape index (κ1) is 19.1. The molecule has 1 aliphatic rings. The van der Waals surface area contributed by atoms with Crippen molar-refractivity contribution in [1.82, 2.24) is 9.80 Å². The second-order valence-electron chi connectivity index (χ2n) is 6.50. The van der Waals surface area contributed by atoms with Gasteiger partial charge in [-0.3, -0.25) is 9.59 Å². The molecule has 1 aliphatic heterocycles. The summed E-state index contributed by atoms with van der Waals surface area (Å²) in [4.78, 5) is 26.7. The number of methoxy groups -OCH3 is 1. The molecule has 7 heteroatoms. The largest absolute Gasteiger partial charge is 0.493 e. The Balaban J connectivity index is 2.00. The average Bonchev–Trinajstić information content (AvgIpc) is 2.93. The third-order valence-corrected chi connectivity index (χ3v) is 4.17. The lowest BCUT2D eigenvalue weighted by Crippen LogP contribution is -2.25. The van der Waals surface area contributed by atoms with Crippen LogP contribution >= 0.6 is 0 Å².